The lowest BCUT2D eigenvalue weighted by Crippen LogP contribution is -2.20. The summed E-state index contributed by atoms with van der Waals surface area (Å²) in [6.07, 6.45) is 5.18. The molecule has 0 saturated heterocycles. The van der Waals surface area contributed by atoms with Crippen LogP contribution in [0, 0.1) is 41.5 Å². The number of aromatic nitrogens is 4. The standard InChI is InChI=1S/C56H50N8/c1-39-22-19-20-31-49(39)62(46-25-13-8-14-26-46)55-44(6)56(60-38-59-55)64(48-29-17-10-18-30-48)53-35-52(40(2)34-41(53)3)61(45-23-11-7-12-24-45)50-32-21-33-51(43(50)5)63(47-27-15-9-16-28-47)54-42(4)36-57-37-58-54/h7-38H,1-6H3. The van der Waals surface area contributed by atoms with E-state index in [2.05, 4.69) is 230 Å². The second-order valence-electron chi connectivity index (χ2n) is 16.0. The van der Waals surface area contributed by atoms with Crippen LogP contribution in [0.5, 0.6) is 0 Å². The van der Waals surface area contributed by atoms with Gasteiger partial charge >= 0.3 is 0 Å². The van der Waals surface area contributed by atoms with Crippen molar-refractivity contribution in [3.63, 3.8) is 0 Å². The van der Waals surface area contributed by atoms with Gasteiger partial charge in [0, 0.05) is 40.1 Å². The first-order valence-corrected chi connectivity index (χ1v) is 21.6. The summed E-state index contributed by atoms with van der Waals surface area (Å²) in [7, 11) is 0. The van der Waals surface area contributed by atoms with Gasteiger partial charge in [0.15, 0.2) is 0 Å². The predicted octanol–water partition coefficient (Wildman–Crippen LogP) is 15.0. The summed E-state index contributed by atoms with van der Waals surface area (Å²) in [5, 5.41) is 0. The number of rotatable bonds is 12. The van der Waals surface area contributed by atoms with Crippen LogP contribution >= 0.6 is 0 Å². The first-order chi connectivity index (χ1) is 31.3. The van der Waals surface area contributed by atoms with Crippen LogP contribution in [0.4, 0.5) is 68.6 Å². The van der Waals surface area contributed by atoms with E-state index in [0.29, 0.717) is 0 Å². The molecule has 0 radical (unpaired) electrons. The molecule has 8 heteroatoms. The van der Waals surface area contributed by atoms with Crippen LogP contribution < -0.4 is 19.6 Å². The number of hydrogen-bond donors (Lipinski definition) is 0. The van der Waals surface area contributed by atoms with Crippen LogP contribution in [0.3, 0.4) is 0 Å². The van der Waals surface area contributed by atoms with Gasteiger partial charge in [0.25, 0.3) is 0 Å². The Morgan fingerprint density at radius 3 is 1.22 bits per heavy atom. The van der Waals surface area contributed by atoms with Crippen LogP contribution in [-0.2, 0) is 0 Å². The fourth-order valence-corrected chi connectivity index (χ4v) is 8.57. The lowest BCUT2D eigenvalue weighted by molar-refractivity contribution is 1.04. The van der Waals surface area contributed by atoms with Crippen molar-refractivity contribution in [2.75, 3.05) is 19.6 Å². The highest BCUT2D eigenvalue weighted by molar-refractivity contribution is 5.90. The number of para-hydroxylation sites is 5. The fraction of sp³-hybridized carbons (Fsp3) is 0.107. The lowest BCUT2D eigenvalue weighted by atomic mass is 10.0. The maximum atomic E-state index is 5.11. The van der Waals surface area contributed by atoms with Gasteiger partial charge in [0.05, 0.1) is 28.4 Å². The Labute approximate surface area is 376 Å². The van der Waals surface area contributed by atoms with Gasteiger partial charge in [-0.1, -0.05) is 103 Å². The van der Waals surface area contributed by atoms with Crippen LogP contribution in [0.25, 0.3) is 0 Å². The quantitative estimate of drug-likeness (QED) is 0.121. The molecule has 314 valence electrons. The molecule has 9 rings (SSSR count). The number of nitrogens with zero attached hydrogens (tertiary/aromatic N) is 8. The van der Waals surface area contributed by atoms with E-state index in [0.717, 1.165) is 102 Å². The van der Waals surface area contributed by atoms with E-state index in [9.17, 15) is 0 Å². The van der Waals surface area contributed by atoms with Gasteiger partial charge in [0.2, 0.25) is 0 Å². The van der Waals surface area contributed by atoms with Crippen molar-refractivity contribution in [3.05, 3.63) is 228 Å². The van der Waals surface area contributed by atoms with Gasteiger partial charge in [-0.25, -0.2) is 19.9 Å². The molecule has 0 aliphatic heterocycles. The molecule has 0 aliphatic carbocycles. The van der Waals surface area contributed by atoms with Gasteiger partial charge in [-0.3, -0.25) is 14.7 Å². The molecule has 0 unspecified atom stereocenters. The molecule has 0 spiro atoms. The second kappa shape index (κ2) is 18.1. The average Bonchev–Trinajstić information content (AvgIpc) is 3.32. The summed E-state index contributed by atoms with van der Waals surface area (Å²) >= 11 is 0. The fourth-order valence-electron chi connectivity index (χ4n) is 8.57. The van der Waals surface area contributed by atoms with E-state index in [1.807, 2.05) is 18.3 Å². The smallest absolute Gasteiger partial charge is 0.146 e. The SMILES string of the molecule is Cc1cc(C)c(N(c2ccccc2)c2ncnc(N(c3ccccc3)c3ccccc3C)c2C)cc1N(c1ccccc1)c1cccc(N(c2ccccc2)c2ncncc2C)c1C. The Kier molecular flexibility index (Phi) is 11.7. The number of benzene rings is 7. The maximum absolute atomic E-state index is 5.11. The van der Waals surface area contributed by atoms with E-state index in [4.69, 9.17) is 15.0 Å². The zero-order chi connectivity index (χ0) is 44.2. The van der Waals surface area contributed by atoms with Gasteiger partial charge < -0.3 is 4.90 Å². The summed E-state index contributed by atoms with van der Waals surface area (Å²) in [5.41, 5.74) is 15.6. The summed E-state index contributed by atoms with van der Waals surface area (Å²) in [4.78, 5) is 28.4. The maximum Gasteiger partial charge on any atom is 0.146 e. The molecule has 0 bridgehead atoms. The van der Waals surface area contributed by atoms with Crippen molar-refractivity contribution in [1.82, 2.24) is 19.9 Å². The Hall–Kier alpha value is -8.10. The van der Waals surface area contributed by atoms with Crippen molar-refractivity contribution >= 4 is 68.6 Å². The summed E-state index contributed by atoms with van der Waals surface area (Å²) in [5.74, 6) is 2.41. The Bertz CT molecular complexity index is 2830. The molecule has 2 aromatic heterocycles. The van der Waals surface area contributed by atoms with Crippen LogP contribution in [-0.4, -0.2) is 19.9 Å². The molecule has 9 aromatic rings. The highest BCUT2D eigenvalue weighted by Gasteiger charge is 2.28. The molecule has 2 heterocycles. The predicted molar refractivity (Wildman–Crippen MR) is 265 cm³/mol. The van der Waals surface area contributed by atoms with Gasteiger partial charge in [-0.15, -0.1) is 0 Å². The van der Waals surface area contributed by atoms with Crippen molar-refractivity contribution in [2.24, 2.45) is 0 Å². The second-order valence-corrected chi connectivity index (χ2v) is 16.0. The van der Waals surface area contributed by atoms with E-state index in [1.165, 1.54) is 0 Å². The first-order valence-electron chi connectivity index (χ1n) is 21.6. The third-order valence-electron chi connectivity index (χ3n) is 11.7. The zero-order valence-electron chi connectivity index (χ0n) is 37.1. The molecule has 0 atom stereocenters. The lowest BCUT2D eigenvalue weighted by Gasteiger charge is -2.34. The number of aryl methyl sites for hydroxylation is 4. The minimum Gasteiger partial charge on any atom is -0.310 e. The minimum absolute atomic E-state index is 0.784. The summed E-state index contributed by atoms with van der Waals surface area (Å²) < 4.78 is 0. The first kappa shape index (κ1) is 41.3. The molecule has 0 aliphatic rings. The zero-order valence-corrected chi connectivity index (χ0v) is 37.1. The molecule has 0 saturated carbocycles. The van der Waals surface area contributed by atoms with Gasteiger partial charge in [-0.05, 0) is 137 Å². The molecule has 8 nitrogen and oxygen atoms in total. The van der Waals surface area contributed by atoms with Gasteiger partial charge in [-0.2, -0.15) is 0 Å². The summed E-state index contributed by atoms with van der Waals surface area (Å²) in [6.45, 7) is 12.9. The third-order valence-corrected chi connectivity index (χ3v) is 11.7. The van der Waals surface area contributed by atoms with Crippen molar-refractivity contribution in [3.8, 4) is 0 Å². The van der Waals surface area contributed by atoms with Crippen LogP contribution in [0.1, 0.15) is 33.4 Å². The largest absolute Gasteiger partial charge is 0.310 e. The van der Waals surface area contributed by atoms with Crippen molar-refractivity contribution < 1.29 is 0 Å². The van der Waals surface area contributed by atoms with E-state index >= 15 is 0 Å². The Morgan fingerprint density at radius 2 is 0.703 bits per heavy atom. The molecular weight excluding hydrogens is 785 g/mol. The van der Waals surface area contributed by atoms with E-state index in [1.54, 1.807) is 12.7 Å². The molecule has 64 heavy (non-hydrogen) atoms. The summed E-state index contributed by atoms with van der Waals surface area (Å²) in [6, 6.07) is 61.5. The molecule has 0 amide bonds. The van der Waals surface area contributed by atoms with E-state index < -0.39 is 0 Å². The topological polar surface area (TPSA) is 64.5 Å². The minimum atomic E-state index is 0.784. The molecule has 0 N–H and O–H groups in total. The Balaban J connectivity index is 1.25. The molecule has 7 aromatic carbocycles. The van der Waals surface area contributed by atoms with Gasteiger partial charge in [0.1, 0.15) is 30.1 Å². The molecule has 0 fully saturated rings. The van der Waals surface area contributed by atoms with Crippen LogP contribution in [0.15, 0.2) is 195 Å². The normalized spacial score (nSPS) is 11.0. The monoisotopic (exact) mass is 834 g/mol. The van der Waals surface area contributed by atoms with E-state index in [-0.39, 0.29) is 0 Å². The number of anilines is 12. The Morgan fingerprint density at radius 1 is 0.297 bits per heavy atom. The molecular formula is C56H50N8. The van der Waals surface area contributed by atoms with Crippen LogP contribution in [0.2, 0.25) is 0 Å². The third kappa shape index (κ3) is 7.93. The number of hydrogen-bond acceptors (Lipinski definition) is 8. The highest BCUT2D eigenvalue weighted by Crippen LogP contribution is 2.48. The average molecular weight is 835 g/mol. The highest BCUT2D eigenvalue weighted by atomic mass is 15.3. The van der Waals surface area contributed by atoms with Crippen molar-refractivity contribution in [2.45, 2.75) is 41.5 Å². The van der Waals surface area contributed by atoms with Crippen molar-refractivity contribution in [1.29, 1.82) is 0 Å².